The molecule has 1 heterocycles. The van der Waals surface area contributed by atoms with Crippen molar-refractivity contribution in [3.05, 3.63) is 53.1 Å². The minimum atomic E-state index is -3.69. The van der Waals surface area contributed by atoms with Gasteiger partial charge >= 0.3 is 0 Å². The number of hydrogen-bond acceptors (Lipinski definition) is 5. The van der Waals surface area contributed by atoms with Gasteiger partial charge < -0.3 is 14.8 Å². The first-order chi connectivity index (χ1) is 13.9. The average molecular weight is 439 g/mol. The Balaban J connectivity index is 1.66. The molecule has 9 heteroatoms. The highest BCUT2D eigenvalue weighted by molar-refractivity contribution is 7.89. The summed E-state index contributed by atoms with van der Waals surface area (Å²) in [6.07, 6.45) is 0.920. The Kier molecular flexibility index (Phi) is 7.13. The Morgan fingerprint density at radius 3 is 2.52 bits per heavy atom. The zero-order valence-electron chi connectivity index (χ0n) is 16.1. The van der Waals surface area contributed by atoms with Crippen LogP contribution in [0.1, 0.15) is 12.5 Å². The highest BCUT2D eigenvalue weighted by atomic mass is 35.5. The first-order valence-electron chi connectivity index (χ1n) is 9.29. The maximum absolute atomic E-state index is 12.8. The first-order valence-corrected chi connectivity index (χ1v) is 11.1. The normalized spacial score (nSPS) is 15.1. The van der Waals surface area contributed by atoms with Gasteiger partial charge in [-0.15, -0.1) is 0 Å². The minimum absolute atomic E-state index is 0.0650. The van der Waals surface area contributed by atoms with Crippen LogP contribution in [0, 0.1) is 0 Å². The van der Waals surface area contributed by atoms with Crippen molar-refractivity contribution < 1.29 is 22.7 Å². The number of morpholine rings is 1. The maximum atomic E-state index is 12.8. The summed E-state index contributed by atoms with van der Waals surface area (Å²) in [5, 5.41) is 2.86. The third kappa shape index (κ3) is 5.48. The molecule has 1 aliphatic rings. The van der Waals surface area contributed by atoms with Crippen molar-refractivity contribution in [2.45, 2.75) is 18.2 Å². The second-order valence-electron chi connectivity index (χ2n) is 6.49. The van der Waals surface area contributed by atoms with Gasteiger partial charge in [0.15, 0.2) is 6.61 Å². The standard InChI is InChI=1S/C20H23ClN2O5S/c1-2-15-3-5-16(6-4-15)28-14-20(24)22-19-13-17(7-8-18(19)21)29(25,26)23-9-11-27-12-10-23/h3-8,13H,2,9-12,14H2,1H3,(H,22,24). The molecule has 0 atom stereocenters. The molecule has 0 bridgehead atoms. The van der Waals surface area contributed by atoms with Crippen LogP contribution in [0.2, 0.25) is 5.02 Å². The Bertz CT molecular complexity index is 957. The molecular weight excluding hydrogens is 416 g/mol. The molecule has 0 unspecified atom stereocenters. The molecule has 0 saturated carbocycles. The Labute approximate surface area is 175 Å². The zero-order valence-corrected chi connectivity index (χ0v) is 17.6. The molecule has 1 N–H and O–H groups in total. The topological polar surface area (TPSA) is 84.9 Å². The quantitative estimate of drug-likeness (QED) is 0.718. The average Bonchev–Trinajstić information content (AvgIpc) is 2.74. The zero-order chi connectivity index (χ0) is 20.9. The van der Waals surface area contributed by atoms with Crippen molar-refractivity contribution in [1.29, 1.82) is 0 Å². The summed E-state index contributed by atoms with van der Waals surface area (Å²) >= 11 is 6.14. The summed E-state index contributed by atoms with van der Waals surface area (Å²) in [7, 11) is -3.69. The van der Waals surface area contributed by atoms with Gasteiger partial charge in [0.1, 0.15) is 5.75 Å². The second kappa shape index (κ2) is 9.58. The molecular formula is C20H23ClN2O5S. The second-order valence-corrected chi connectivity index (χ2v) is 8.84. The van der Waals surface area contributed by atoms with Crippen molar-refractivity contribution >= 4 is 33.2 Å². The maximum Gasteiger partial charge on any atom is 0.262 e. The van der Waals surface area contributed by atoms with E-state index in [1.807, 2.05) is 12.1 Å². The van der Waals surface area contributed by atoms with E-state index in [0.29, 0.717) is 19.0 Å². The highest BCUT2D eigenvalue weighted by Gasteiger charge is 2.27. The van der Waals surface area contributed by atoms with E-state index < -0.39 is 15.9 Å². The fourth-order valence-electron chi connectivity index (χ4n) is 2.85. The van der Waals surface area contributed by atoms with Gasteiger partial charge in [-0.2, -0.15) is 4.31 Å². The molecule has 0 spiro atoms. The molecule has 156 valence electrons. The molecule has 1 amide bonds. The number of amides is 1. The lowest BCUT2D eigenvalue weighted by molar-refractivity contribution is -0.118. The van der Waals surface area contributed by atoms with Gasteiger partial charge in [-0.3, -0.25) is 4.79 Å². The lowest BCUT2D eigenvalue weighted by atomic mass is 10.2. The van der Waals surface area contributed by atoms with Gasteiger partial charge in [0.05, 0.1) is 28.8 Å². The molecule has 2 aromatic carbocycles. The van der Waals surface area contributed by atoms with Crippen molar-refractivity contribution in [3.8, 4) is 5.75 Å². The van der Waals surface area contributed by atoms with Crippen LogP contribution in [0.15, 0.2) is 47.4 Å². The number of aryl methyl sites for hydroxylation is 1. The van der Waals surface area contributed by atoms with Gasteiger partial charge in [-0.25, -0.2) is 8.42 Å². The Hall–Kier alpha value is -2.13. The molecule has 29 heavy (non-hydrogen) atoms. The molecule has 2 aromatic rings. The summed E-state index contributed by atoms with van der Waals surface area (Å²) in [4.78, 5) is 12.3. The largest absolute Gasteiger partial charge is 0.484 e. The molecule has 3 rings (SSSR count). The van der Waals surface area contributed by atoms with E-state index in [4.69, 9.17) is 21.1 Å². The molecule has 0 aromatic heterocycles. The third-order valence-corrected chi connectivity index (χ3v) is 6.75. The van der Waals surface area contributed by atoms with Crippen molar-refractivity contribution in [2.24, 2.45) is 0 Å². The number of rotatable bonds is 7. The Morgan fingerprint density at radius 1 is 1.17 bits per heavy atom. The van der Waals surface area contributed by atoms with E-state index in [1.165, 1.54) is 28.1 Å². The lowest BCUT2D eigenvalue weighted by Crippen LogP contribution is -2.40. The monoisotopic (exact) mass is 438 g/mol. The number of nitrogens with zero attached hydrogens (tertiary/aromatic N) is 1. The molecule has 1 fully saturated rings. The first kappa shape index (κ1) is 21.6. The molecule has 0 aliphatic carbocycles. The van der Waals surface area contributed by atoms with Crippen LogP contribution >= 0.6 is 11.6 Å². The molecule has 1 saturated heterocycles. The fraction of sp³-hybridized carbons (Fsp3) is 0.350. The summed E-state index contributed by atoms with van der Waals surface area (Å²) in [6, 6.07) is 11.7. The van der Waals surface area contributed by atoms with Crippen LogP contribution in [0.4, 0.5) is 5.69 Å². The smallest absolute Gasteiger partial charge is 0.262 e. The summed E-state index contributed by atoms with van der Waals surface area (Å²) in [5.74, 6) is 0.138. The van der Waals surface area contributed by atoms with E-state index in [0.717, 1.165) is 6.42 Å². The number of sulfonamides is 1. The van der Waals surface area contributed by atoms with E-state index in [1.54, 1.807) is 12.1 Å². The molecule has 1 aliphatic heterocycles. The number of carbonyl (C=O) groups is 1. The van der Waals surface area contributed by atoms with Crippen LogP contribution in [0.3, 0.4) is 0 Å². The minimum Gasteiger partial charge on any atom is -0.484 e. The van der Waals surface area contributed by atoms with Crippen LogP contribution in [-0.4, -0.2) is 51.5 Å². The molecule has 0 radical (unpaired) electrons. The van der Waals surface area contributed by atoms with E-state index in [9.17, 15) is 13.2 Å². The summed E-state index contributed by atoms with van der Waals surface area (Å²) in [5.41, 5.74) is 1.39. The van der Waals surface area contributed by atoms with Gasteiger partial charge in [0.25, 0.3) is 5.91 Å². The van der Waals surface area contributed by atoms with E-state index in [-0.39, 0.29) is 35.3 Å². The Morgan fingerprint density at radius 2 is 1.86 bits per heavy atom. The van der Waals surface area contributed by atoms with Crippen LogP contribution < -0.4 is 10.1 Å². The van der Waals surface area contributed by atoms with Crippen molar-refractivity contribution in [3.63, 3.8) is 0 Å². The number of benzene rings is 2. The van der Waals surface area contributed by atoms with Gasteiger partial charge in [0, 0.05) is 13.1 Å². The van der Waals surface area contributed by atoms with E-state index >= 15 is 0 Å². The fourth-order valence-corrected chi connectivity index (χ4v) is 4.45. The highest BCUT2D eigenvalue weighted by Crippen LogP contribution is 2.27. The number of ether oxygens (including phenoxy) is 2. The SMILES string of the molecule is CCc1ccc(OCC(=O)Nc2cc(S(=O)(=O)N3CCOCC3)ccc2Cl)cc1. The van der Waals surface area contributed by atoms with E-state index in [2.05, 4.69) is 12.2 Å². The van der Waals surface area contributed by atoms with Crippen LogP contribution in [-0.2, 0) is 26.0 Å². The van der Waals surface area contributed by atoms with Crippen molar-refractivity contribution in [2.75, 3.05) is 38.2 Å². The summed E-state index contributed by atoms with van der Waals surface area (Å²) in [6.45, 7) is 3.12. The number of halogens is 1. The summed E-state index contributed by atoms with van der Waals surface area (Å²) < 4.78 is 37.6. The predicted octanol–water partition coefficient (Wildman–Crippen LogP) is 2.94. The predicted molar refractivity (Wildman–Crippen MR) is 111 cm³/mol. The molecule has 7 nitrogen and oxygen atoms in total. The van der Waals surface area contributed by atoms with Gasteiger partial charge in [-0.05, 0) is 42.3 Å². The number of nitrogens with one attached hydrogen (secondary N) is 1. The lowest BCUT2D eigenvalue weighted by Gasteiger charge is -2.26. The number of carbonyl (C=O) groups excluding carboxylic acids is 1. The third-order valence-electron chi connectivity index (χ3n) is 4.52. The van der Waals surface area contributed by atoms with Gasteiger partial charge in [-0.1, -0.05) is 30.7 Å². The van der Waals surface area contributed by atoms with Crippen LogP contribution in [0.5, 0.6) is 5.75 Å². The van der Waals surface area contributed by atoms with Gasteiger partial charge in [0.2, 0.25) is 10.0 Å². The van der Waals surface area contributed by atoms with Crippen molar-refractivity contribution in [1.82, 2.24) is 4.31 Å². The van der Waals surface area contributed by atoms with Crippen LogP contribution in [0.25, 0.3) is 0 Å². The number of anilines is 1. The number of hydrogen-bond donors (Lipinski definition) is 1.